The molecule has 2 rings (SSSR count). The molecule has 1 aromatic carbocycles. The number of hydrogen-bond donors (Lipinski definition) is 2. The van der Waals surface area contributed by atoms with Gasteiger partial charge in [-0.2, -0.15) is 0 Å². The number of nitrogens with one attached hydrogen (secondary N) is 1. The van der Waals surface area contributed by atoms with E-state index in [1.807, 2.05) is 0 Å². The Morgan fingerprint density at radius 3 is 2.50 bits per heavy atom. The minimum absolute atomic E-state index is 0.0287. The molecule has 3 N–H and O–H groups in total. The number of rotatable bonds is 3. The van der Waals surface area contributed by atoms with E-state index in [4.69, 9.17) is 5.14 Å². The number of benzene rings is 1. The summed E-state index contributed by atoms with van der Waals surface area (Å²) in [5.74, 6) is 0.359. The molecule has 0 unspecified atom stereocenters. The number of sulfonamides is 1. The van der Waals surface area contributed by atoms with Gasteiger partial charge in [-0.1, -0.05) is 22.9 Å². The van der Waals surface area contributed by atoms with Gasteiger partial charge in [0.15, 0.2) is 0 Å². The van der Waals surface area contributed by atoms with Crippen molar-refractivity contribution in [1.82, 2.24) is 5.32 Å². The van der Waals surface area contributed by atoms with Gasteiger partial charge in [0.2, 0.25) is 10.0 Å². The lowest BCUT2D eigenvalue weighted by Gasteiger charge is -2.33. The normalized spacial score (nSPS) is 22.2. The monoisotopic (exact) mass is 360 g/mol. The van der Waals surface area contributed by atoms with E-state index in [1.165, 1.54) is 6.07 Å². The van der Waals surface area contributed by atoms with E-state index in [-0.39, 0.29) is 16.8 Å². The topological polar surface area (TPSA) is 89.3 Å². The first kappa shape index (κ1) is 15.5. The Morgan fingerprint density at radius 2 is 2.00 bits per heavy atom. The first-order chi connectivity index (χ1) is 9.18. The maximum absolute atomic E-state index is 12.1. The molecular formula is C13H17BrN2O3S. The highest BCUT2D eigenvalue weighted by molar-refractivity contribution is 9.10. The Balaban J connectivity index is 2.28. The summed E-state index contributed by atoms with van der Waals surface area (Å²) in [5, 5.41) is 8.06. The first-order valence-electron chi connectivity index (χ1n) is 6.32. The molecule has 0 spiro atoms. The van der Waals surface area contributed by atoms with E-state index < -0.39 is 10.0 Å². The smallest absolute Gasteiger partial charge is 0.251 e. The van der Waals surface area contributed by atoms with E-state index in [9.17, 15) is 13.2 Å². The predicted molar refractivity (Wildman–Crippen MR) is 79.9 cm³/mol. The van der Waals surface area contributed by atoms with Gasteiger partial charge >= 0.3 is 0 Å². The summed E-state index contributed by atoms with van der Waals surface area (Å²) in [4.78, 5) is 12.1. The lowest BCUT2D eigenvalue weighted by molar-refractivity contribution is 0.0896. The molecule has 0 aromatic heterocycles. The fourth-order valence-electron chi connectivity index (χ4n) is 2.37. The minimum atomic E-state index is -3.85. The van der Waals surface area contributed by atoms with Crippen LogP contribution in [0.3, 0.4) is 0 Å². The van der Waals surface area contributed by atoms with Gasteiger partial charge < -0.3 is 5.32 Å². The molecule has 0 saturated heterocycles. The molecule has 0 aliphatic heterocycles. The third kappa shape index (κ3) is 3.21. The molecule has 1 fully saturated rings. The Kier molecular flexibility index (Phi) is 4.22. The van der Waals surface area contributed by atoms with Crippen LogP contribution in [0.15, 0.2) is 21.5 Å². The van der Waals surface area contributed by atoms with Crippen LogP contribution in [0.4, 0.5) is 0 Å². The van der Waals surface area contributed by atoms with Gasteiger partial charge in [-0.3, -0.25) is 4.79 Å². The Morgan fingerprint density at radius 1 is 1.40 bits per heavy atom. The molecule has 0 atom stereocenters. The lowest BCUT2D eigenvalue weighted by atomic mass is 9.82. The van der Waals surface area contributed by atoms with Crippen molar-refractivity contribution in [2.45, 2.75) is 37.6 Å². The van der Waals surface area contributed by atoms with Gasteiger partial charge in [-0.25, -0.2) is 13.6 Å². The molecular weight excluding hydrogens is 344 g/mol. The van der Waals surface area contributed by atoms with Crippen molar-refractivity contribution < 1.29 is 13.2 Å². The highest BCUT2D eigenvalue weighted by Crippen LogP contribution is 2.28. The molecule has 1 aliphatic rings. The SMILES string of the molecule is Cc1c(Br)cc(C(=O)NC2CC(C)C2)cc1S(N)(=O)=O. The third-order valence-corrected chi connectivity index (χ3v) is 5.44. The molecule has 0 heterocycles. The van der Waals surface area contributed by atoms with E-state index in [0.29, 0.717) is 21.5 Å². The molecule has 1 amide bonds. The van der Waals surface area contributed by atoms with E-state index in [2.05, 4.69) is 28.2 Å². The number of amides is 1. The van der Waals surface area contributed by atoms with Crippen molar-refractivity contribution in [1.29, 1.82) is 0 Å². The Labute approximate surface area is 127 Å². The number of nitrogens with two attached hydrogens (primary N) is 1. The van der Waals surface area contributed by atoms with Crippen LogP contribution in [-0.2, 0) is 10.0 Å². The molecule has 1 aromatic rings. The summed E-state index contributed by atoms with van der Waals surface area (Å²) < 4.78 is 23.6. The largest absolute Gasteiger partial charge is 0.349 e. The van der Waals surface area contributed by atoms with Crippen molar-refractivity contribution >= 4 is 31.9 Å². The van der Waals surface area contributed by atoms with Crippen LogP contribution in [0.2, 0.25) is 0 Å². The summed E-state index contributed by atoms with van der Waals surface area (Å²) in [6, 6.07) is 3.12. The number of hydrogen-bond acceptors (Lipinski definition) is 3. The van der Waals surface area contributed by atoms with Gasteiger partial charge in [0.1, 0.15) is 0 Å². The van der Waals surface area contributed by atoms with Gasteiger partial charge in [0, 0.05) is 16.1 Å². The van der Waals surface area contributed by atoms with E-state index in [0.717, 1.165) is 12.8 Å². The molecule has 1 aliphatic carbocycles. The lowest BCUT2D eigenvalue weighted by Crippen LogP contribution is -2.43. The van der Waals surface area contributed by atoms with Gasteiger partial charge in [-0.05, 0) is 43.4 Å². The second kappa shape index (κ2) is 5.46. The van der Waals surface area contributed by atoms with Gasteiger partial charge in [-0.15, -0.1) is 0 Å². The van der Waals surface area contributed by atoms with Crippen LogP contribution in [0.1, 0.15) is 35.7 Å². The minimum Gasteiger partial charge on any atom is -0.349 e. The van der Waals surface area contributed by atoms with Gasteiger partial charge in [0.05, 0.1) is 4.90 Å². The molecule has 1 saturated carbocycles. The van der Waals surface area contributed by atoms with Crippen molar-refractivity contribution in [2.24, 2.45) is 11.1 Å². The molecule has 20 heavy (non-hydrogen) atoms. The Hall–Kier alpha value is -0.920. The van der Waals surface area contributed by atoms with Crippen molar-refractivity contribution in [3.05, 3.63) is 27.7 Å². The van der Waals surface area contributed by atoms with Crippen LogP contribution < -0.4 is 10.5 Å². The second-order valence-electron chi connectivity index (χ2n) is 5.37. The average molecular weight is 361 g/mol. The third-order valence-electron chi connectivity index (χ3n) is 3.57. The highest BCUT2D eigenvalue weighted by atomic mass is 79.9. The van der Waals surface area contributed by atoms with E-state index in [1.54, 1.807) is 13.0 Å². The number of carbonyl (C=O) groups excluding carboxylic acids is 1. The first-order valence-corrected chi connectivity index (χ1v) is 8.66. The fourth-order valence-corrected chi connectivity index (χ4v) is 3.79. The standard InChI is InChI=1S/C13H17BrN2O3S/c1-7-3-10(4-7)16-13(17)9-5-11(14)8(2)12(6-9)20(15,18)19/h5-7,10H,3-4H2,1-2H3,(H,16,17)(H2,15,18,19). The quantitative estimate of drug-likeness (QED) is 0.862. The highest BCUT2D eigenvalue weighted by Gasteiger charge is 2.27. The van der Waals surface area contributed by atoms with Crippen LogP contribution in [0.5, 0.6) is 0 Å². The van der Waals surface area contributed by atoms with Crippen molar-refractivity contribution in [3.8, 4) is 0 Å². The maximum atomic E-state index is 12.1. The summed E-state index contributed by atoms with van der Waals surface area (Å²) in [6.45, 7) is 3.77. The van der Waals surface area contributed by atoms with Crippen LogP contribution in [0.25, 0.3) is 0 Å². The van der Waals surface area contributed by atoms with Crippen LogP contribution in [-0.4, -0.2) is 20.4 Å². The summed E-state index contributed by atoms with van der Waals surface area (Å²) in [7, 11) is -3.85. The second-order valence-corrected chi connectivity index (χ2v) is 7.76. The molecule has 5 nitrogen and oxygen atoms in total. The zero-order chi connectivity index (χ0) is 15.1. The molecule has 0 bridgehead atoms. The number of primary sulfonamides is 1. The predicted octanol–water partition coefficient (Wildman–Crippen LogP) is 1.93. The maximum Gasteiger partial charge on any atom is 0.251 e. The molecule has 7 heteroatoms. The molecule has 0 radical (unpaired) electrons. The van der Waals surface area contributed by atoms with Crippen LogP contribution in [0, 0.1) is 12.8 Å². The number of halogens is 1. The van der Waals surface area contributed by atoms with Crippen molar-refractivity contribution in [2.75, 3.05) is 0 Å². The molecule has 110 valence electrons. The Bertz CT molecular complexity index is 652. The average Bonchev–Trinajstić information content (AvgIpc) is 2.28. The van der Waals surface area contributed by atoms with Crippen LogP contribution >= 0.6 is 15.9 Å². The number of carbonyl (C=O) groups is 1. The zero-order valence-corrected chi connectivity index (χ0v) is 13.7. The van der Waals surface area contributed by atoms with Gasteiger partial charge in [0.25, 0.3) is 5.91 Å². The summed E-state index contributed by atoms with van der Waals surface area (Å²) in [6.07, 6.45) is 1.92. The zero-order valence-electron chi connectivity index (χ0n) is 11.3. The summed E-state index contributed by atoms with van der Waals surface area (Å²) >= 11 is 3.26. The summed E-state index contributed by atoms with van der Waals surface area (Å²) in [5.41, 5.74) is 0.798. The van der Waals surface area contributed by atoms with Crippen molar-refractivity contribution in [3.63, 3.8) is 0 Å². The van der Waals surface area contributed by atoms with E-state index >= 15 is 0 Å². The fraction of sp³-hybridized carbons (Fsp3) is 0.462.